The van der Waals surface area contributed by atoms with Crippen molar-refractivity contribution < 1.29 is 4.79 Å². The van der Waals surface area contributed by atoms with E-state index in [0.29, 0.717) is 54.3 Å². The normalized spacial score (nSPS) is 14.2. The van der Waals surface area contributed by atoms with Gasteiger partial charge in [-0.3, -0.25) is 4.79 Å². The number of benzene rings is 2. The lowest BCUT2D eigenvalue weighted by molar-refractivity contribution is 0.0736. The van der Waals surface area contributed by atoms with Crippen LogP contribution in [0.2, 0.25) is 10.0 Å². The zero-order valence-electron chi connectivity index (χ0n) is 17.4. The Kier molecular flexibility index (Phi) is 5.77. The second-order valence-electron chi connectivity index (χ2n) is 7.90. The van der Waals surface area contributed by atoms with Gasteiger partial charge in [-0.25, -0.2) is 4.98 Å². The molecule has 32 heavy (non-hydrogen) atoms. The third-order valence-corrected chi connectivity index (χ3v) is 6.35. The molecule has 7 heteroatoms. The first-order valence-corrected chi connectivity index (χ1v) is 11.3. The van der Waals surface area contributed by atoms with Gasteiger partial charge in [0.05, 0.1) is 10.0 Å². The van der Waals surface area contributed by atoms with Crippen LogP contribution in [0.3, 0.4) is 0 Å². The number of amides is 1. The van der Waals surface area contributed by atoms with Crippen molar-refractivity contribution in [2.75, 3.05) is 31.1 Å². The van der Waals surface area contributed by atoms with E-state index in [2.05, 4.69) is 38.7 Å². The highest BCUT2D eigenvalue weighted by molar-refractivity contribution is 6.36. The zero-order valence-corrected chi connectivity index (χ0v) is 18.9. The number of para-hydroxylation sites is 1. The quantitative estimate of drug-likeness (QED) is 0.408. The summed E-state index contributed by atoms with van der Waals surface area (Å²) in [5.74, 6) is 0.758. The van der Waals surface area contributed by atoms with Gasteiger partial charge in [-0.1, -0.05) is 71.7 Å². The Hall–Kier alpha value is -3.02. The fraction of sp³-hybridized carbons (Fsp3) is 0.200. The molecule has 1 amide bonds. The van der Waals surface area contributed by atoms with Gasteiger partial charge in [0, 0.05) is 49.8 Å². The Labute approximate surface area is 196 Å². The molecule has 0 atom stereocenters. The first-order valence-electron chi connectivity index (χ1n) is 10.6. The van der Waals surface area contributed by atoms with Gasteiger partial charge < -0.3 is 14.4 Å². The van der Waals surface area contributed by atoms with Crippen molar-refractivity contribution in [1.82, 2.24) is 14.5 Å². The average molecular weight is 465 g/mol. The molecule has 162 valence electrons. The molecule has 2 aromatic carbocycles. The van der Waals surface area contributed by atoms with Crippen molar-refractivity contribution in [1.29, 1.82) is 0 Å². The number of hydrogen-bond donors (Lipinski definition) is 0. The molecular formula is C25H22Cl2N4O. The number of anilines is 1. The molecule has 1 fully saturated rings. The summed E-state index contributed by atoms with van der Waals surface area (Å²) < 4.78 is 2.12. The smallest absolute Gasteiger partial charge is 0.270 e. The van der Waals surface area contributed by atoms with Crippen LogP contribution in [-0.2, 0) is 6.54 Å². The maximum atomic E-state index is 13.6. The van der Waals surface area contributed by atoms with Gasteiger partial charge in [-0.15, -0.1) is 0 Å². The second-order valence-corrected chi connectivity index (χ2v) is 8.74. The van der Waals surface area contributed by atoms with E-state index >= 15 is 0 Å². The minimum atomic E-state index is 0.0481. The molecule has 0 unspecified atom stereocenters. The zero-order chi connectivity index (χ0) is 22.1. The minimum absolute atomic E-state index is 0.0481. The number of halogens is 2. The molecule has 0 N–H and O–H groups in total. The molecular weight excluding hydrogens is 443 g/mol. The van der Waals surface area contributed by atoms with Crippen molar-refractivity contribution in [3.63, 3.8) is 0 Å². The monoisotopic (exact) mass is 464 g/mol. The average Bonchev–Trinajstić information content (AvgIpc) is 3.18. The minimum Gasteiger partial charge on any atom is -0.352 e. The Bertz CT molecular complexity index is 1260. The molecule has 5 nitrogen and oxygen atoms in total. The first kappa shape index (κ1) is 20.9. The van der Waals surface area contributed by atoms with Crippen molar-refractivity contribution >= 4 is 45.8 Å². The molecule has 0 spiro atoms. The number of piperazine rings is 1. The molecule has 1 aliphatic rings. The molecule has 1 aliphatic heterocycles. The van der Waals surface area contributed by atoms with Crippen LogP contribution in [0.4, 0.5) is 5.82 Å². The predicted octanol–water partition coefficient (Wildman–Crippen LogP) is 5.35. The fourth-order valence-electron chi connectivity index (χ4n) is 4.25. The Morgan fingerprint density at radius 2 is 1.62 bits per heavy atom. The summed E-state index contributed by atoms with van der Waals surface area (Å²) in [5.41, 5.74) is 2.94. The summed E-state index contributed by atoms with van der Waals surface area (Å²) in [7, 11) is 0. The van der Waals surface area contributed by atoms with Crippen LogP contribution in [0.5, 0.6) is 0 Å². The Morgan fingerprint density at radius 1 is 0.906 bits per heavy atom. The van der Waals surface area contributed by atoms with Gasteiger partial charge in [0.25, 0.3) is 5.91 Å². The van der Waals surface area contributed by atoms with Gasteiger partial charge in [0.15, 0.2) is 0 Å². The van der Waals surface area contributed by atoms with Crippen LogP contribution in [-0.4, -0.2) is 46.5 Å². The molecule has 0 aliphatic carbocycles. The van der Waals surface area contributed by atoms with Crippen LogP contribution in [0.1, 0.15) is 16.1 Å². The van der Waals surface area contributed by atoms with Crippen molar-refractivity contribution in [2.45, 2.75) is 6.54 Å². The Balaban J connectivity index is 1.39. The van der Waals surface area contributed by atoms with Gasteiger partial charge in [0.2, 0.25) is 0 Å². The lowest BCUT2D eigenvalue weighted by Crippen LogP contribution is -2.49. The molecule has 4 aromatic rings. The van der Waals surface area contributed by atoms with E-state index in [1.54, 1.807) is 12.3 Å². The van der Waals surface area contributed by atoms with E-state index in [9.17, 15) is 4.79 Å². The number of rotatable bonds is 4. The van der Waals surface area contributed by atoms with Crippen molar-refractivity contribution in [3.8, 4) is 0 Å². The van der Waals surface area contributed by atoms with E-state index in [-0.39, 0.29) is 5.91 Å². The van der Waals surface area contributed by atoms with Crippen LogP contribution in [0.15, 0.2) is 72.9 Å². The molecule has 1 saturated heterocycles. The van der Waals surface area contributed by atoms with Crippen molar-refractivity contribution in [3.05, 3.63) is 94.2 Å². The third kappa shape index (κ3) is 4.06. The molecule has 0 radical (unpaired) electrons. The van der Waals surface area contributed by atoms with E-state index in [4.69, 9.17) is 23.2 Å². The Morgan fingerprint density at radius 3 is 2.38 bits per heavy atom. The van der Waals surface area contributed by atoms with Crippen molar-refractivity contribution in [2.24, 2.45) is 0 Å². The lowest BCUT2D eigenvalue weighted by atomic mass is 10.2. The van der Waals surface area contributed by atoms with E-state index in [1.807, 2.05) is 41.3 Å². The standard InChI is InChI=1S/C25H22Cl2N4O/c26-20-15-21(27)24(28-16-20)29-10-12-30(13-11-29)25(32)23-14-19-8-4-5-9-22(19)31(23)17-18-6-2-1-3-7-18/h1-9,14-16H,10-13,17H2. The summed E-state index contributed by atoms with van der Waals surface area (Å²) in [6, 6.07) is 22.1. The molecule has 0 bridgehead atoms. The van der Waals surface area contributed by atoms with E-state index in [0.717, 1.165) is 16.5 Å². The second kappa shape index (κ2) is 8.85. The molecule has 2 aromatic heterocycles. The largest absolute Gasteiger partial charge is 0.352 e. The van der Waals surface area contributed by atoms with Gasteiger partial charge in [0.1, 0.15) is 11.5 Å². The highest BCUT2D eigenvalue weighted by atomic mass is 35.5. The number of carbonyl (C=O) groups excluding carboxylic acids is 1. The van der Waals surface area contributed by atoms with Gasteiger partial charge in [-0.05, 0) is 23.8 Å². The first-order chi connectivity index (χ1) is 15.6. The summed E-state index contributed by atoms with van der Waals surface area (Å²) in [4.78, 5) is 21.9. The topological polar surface area (TPSA) is 41.4 Å². The highest BCUT2D eigenvalue weighted by Gasteiger charge is 2.26. The number of pyridine rings is 1. The summed E-state index contributed by atoms with van der Waals surface area (Å²) in [5, 5.41) is 2.11. The predicted molar refractivity (Wildman–Crippen MR) is 130 cm³/mol. The highest BCUT2D eigenvalue weighted by Crippen LogP contribution is 2.28. The summed E-state index contributed by atoms with van der Waals surface area (Å²) >= 11 is 12.3. The van der Waals surface area contributed by atoms with Gasteiger partial charge >= 0.3 is 0 Å². The fourth-order valence-corrected chi connectivity index (χ4v) is 4.75. The summed E-state index contributed by atoms with van der Waals surface area (Å²) in [6.07, 6.45) is 1.60. The number of carbonyl (C=O) groups is 1. The van der Waals surface area contributed by atoms with E-state index < -0.39 is 0 Å². The molecule has 3 heterocycles. The van der Waals surface area contributed by atoms with Crippen LogP contribution < -0.4 is 4.90 Å². The van der Waals surface area contributed by atoms with Crippen LogP contribution >= 0.6 is 23.2 Å². The summed E-state index contributed by atoms with van der Waals surface area (Å²) in [6.45, 7) is 3.19. The third-order valence-electron chi connectivity index (χ3n) is 5.87. The number of aromatic nitrogens is 2. The van der Waals surface area contributed by atoms with Crippen LogP contribution in [0, 0.1) is 0 Å². The molecule has 5 rings (SSSR count). The van der Waals surface area contributed by atoms with Gasteiger partial charge in [-0.2, -0.15) is 0 Å². The molecule has 0 saturated carbocycles. The maximum absolute atomic E-state index is 13.6. The lowest BCUT2D eigenvalue weighted by Gasteiger charge is -2.35. The van der Waals surface area contributed by atoms with E-state index in [1.165, 1.54) is 0 Å². The number of fused-ring (bicyclic) bond motifs is 1. The maximum Gasteiger partial charge on any atom is 0.270 e. The number of nitrogens with zero attached hydrogens (tertiary/aromatic N) is 4. The number of hydrogen-bond acceptors (Lipinski definition) is 3. The SMILES string of the molecule is O=C(c1cc2ccccc2n1Cc1ccccc1)N1CCN(c2ncc(Cl)cc2Cl)CC1. The van der Waals surface area contributed by atoms with Crippen LogP contribution in [0.25, 0.3) is 10.9 Å².